The van der Waals surface area contributed by atoms with Gasteiger partial charge in [-0.15, -0.1) is 0 Å². The van der Waals surface area contributed by atoms with Crippen LogP contribution in [0.2, 0.25) is 0 Å². The van der Waals surface area contributed by atoms with Crippen LogP contribution < -0.4 is 0 Å². The van der Waals surface area contributed by atoms with Crippen LogP contribution in [-0.2, 0) is 30.3 Å². The van der Waals surface area contributed by atoms with E-state index in [2.05, 4.69) is 0 Å². The van der Waals surface area contributed by atoms with Gasteiger partial charge in [0.15, 0.2) is 12.1 Å². The molecule has 0 spiro atoms. The fourth-order valence-corrected chi connectivity index (χ4v) is 3.09. The van der Waals surface area contributed by atoms with Gasteiger partial charge in [-0.2, -0.15) is 0 Å². The lowest BCUT2D eigenvalue weighted by Crippen LogP contribution is -2.56. The molecular weight excluding hydrogens is 284 g/mol. The second-order valence-electron chi connectivity index (χ2n) is 6.27. The molecule has 0 aromatic heterocycles. The molecular formula is C17H24O5. The average molecular weight is 308 g/mol. The van der Waals surface area contributed by atoms with Gasteiger partial charge in [0.25, 0.3) is 0 Å². The van der Waals surface area contributed by atoms with Gasteiger partial charge in [0.1, 0.15) is 18.3 Å². The van der Waals surface area contributed by atoms with Crippen LogP contribution in [-0.4, -0.2) is 43.6 Å². The molecule has 5 nitrogen and oxygen atoms in total. The van der Waals surface area contributed by atoms with Crippen molar-refractivity contribution < 1.29 is 23.7 Å². The quantitative estimate of drug-likeness (QED) is 0.855. The largest absolute Gasteiger partial charge is 0.365 e. The Morgan fingerprint density at radius 1 is 1.09 bits per heavy atom. The maximum absolute atomic E-state index is 6.07. The first-order valence-electron chi connectivity index (χ1n) is 7.69. The summed E-state index contributed by atoms with van der Waals surface area (Å²) in [4.78, 5) is 0. The summed E-state index contributed by atoms with van der Waals surface area (Å²) in [5, 5.41) is 0. The monoisotopic (exact) mass is 308 g/mol. The summed E-state index contributed by atoms with van der Waals surface area (Å²) in [5.41, 5.74) is 1.10. The first-order valence-corrected chi connectivity index (χ1v) is 7.69. The van der Waals surface area contributed by atoms with E-state index in [0.29, 0.717) is 6.61 Å². The Morgan fingerprint density at radius 2 is 1.77 bits per heavy atom. The predicted molar refractivity (Wildman–Crippen MR) is 80.2 cm³/mol. The van der Waals surface area contributed by atoms with Crippen molar-refractivity contribution in [2.24, 2.45) is 0 Å². The van der Waals surface area contributed by atoms with E-state index < -0.39 is 12.1 Å². The third kappa shape index (κ3) is 3.19. The average Bonchev–Trinajstić information content (AvgIpc) is 2.83. The minimum absolute atomic E-state index is 0.103. The normalized spacial score (nSPS) is 37.0. The lowest BCUT2D eigenvalue weighted by Gasteiger charge is -2.40. The highest BCUT2D eigenvalue weighted by atomic mass is 16.8. The van der Waals surface area contributed by atoms with E-state index in [1.807, 2.05) is 51.1 Å². The predicted octanol–water partition coefficient (Wildman–Crippen LogP) is 2.48. The molecule has 0 aliphatic carbocycles. The Morgan fingerprint density at radius 3 is 2.45 bits per heavy atom. The molecule has 2 aliphatic heterocycles. The summed E-state index contributed by atoms with van der Waals surface area (Å²) in [6.45, 7) is 6.28. The molecule has 2 fully saturated rings. The van der Waals surface area contributed by atoms with Gasteiger partial charge in [0, 0.05) is 7.11 Å². The number of ether oxygens (including phenoxy) is 5. The summed E-state index contributed by atoms with van der Waals surface area (Å²) in [6, 6.07) is 10.0. The van der Waals surface area contributed by atoms with E-state index in [0.717, 1.165) is 5.56 Å². The van der Waals surface area contributed by atoms with Gasteiger partial charge in [0.2, 0.25) is 0 Å². The molecule has 3 rings (SSSR count). The highest BCUT2D eigenvalue weighted by molar-refractivity contribution is 5.13. The fourth-order valence-electron chi connectivity index (χ4n) is 3.09. The van der Waals surface area contributed by atoms with Crippen molar-refractivity contribution in [3.63, 3.8) is 0 Å². The summed E-state index contributed by atoms with van der Waals surface area (Å²) >= 11 is 0. The van der Waals surface area contributed by atoms with Gasteiger partial charge >= 0.3 is 0 Å². The van der Waals surface area contributed by atoms with Crippen LogP contribution >= 0.6 is 0 Å². The first-order chi connectivity index (χ1) is 10.5. The van der Waals surface area contributed by atoms with Crippen LogP contribution in [0.15, 0.2) is 30.3 Å². The first kappa shape index (κ1) is 15.9. The highest BCUT2D eigenvalue weighted by Gasteiger charge is 2.54. The van der Waals surface area contributed by atoms with Gasteiger partial charge in [-0.25, -0.2) is 0 Å². The molecule has 122 valence electrons. The van der Waals surface area contributed by atoms with Gasteiger partial charge < -0.3 is 23.7 Å². The minimum Gasteiger partial charge on any atom is -0.365 e. The van der Waals surface area contributed by atoms with Gasteiger partial charge in [-0.05, 0) is 26.3 Å². The third-order valence-corrected chi connectivity index (χ3v) is 4.08. The van der Waals surface area contributed by atoms with Crippen LogP contribution in [0.4, 0.5) is 0 Å². The Bertz CT molecular complexity index is 489. The van der Waals surface area contributed by atoms with E-state index in [1.165, 1.54) is 0 Å². The van der Waals surface area contributed by atoms with Crippen molar-refractivity contribution in [2.45, 2.75) is 63.9 Å². The molecule has 0 amide bonds. The summed E-state index contributed by atoms with van der Waals surface area (Å²) < 4.78 is 29.4. The second kappa shape index (κ2) is 6.26. The zero-order valence-electron chi connectivity index (χ0n) is 13.5. The molecule has 0 radical (unpaired) electrons. The maximum atomic E-state index is 6.07. The summed E-state index contributed by atoms with van der Waals surface area (Å²) in [6.07, 6.45) is -1.24. The molecule has 5 heteroatoms. The molecule has 2 saturated heterocycles. The van der Waals surface area contributed by atoms with Crippen LogP contribution in [0.25, 0.3) is 0 Å². The van der Waals surface area contributed by atoms with Gasteiger partial charge in [-0.1, -0.05) is 30.3 Å². The lowest BCUT2D eigenvalue weighted by atomic mass is 10.00. The fraction of sp³-hybridized carbons (Fsp3) is 0.647. The molecule has 2 aliphatic rings. The summed E-state index contributed by atoms with van der Waals surface area (Å²) in [7, 11) is 1.62. The number of rotatable bonds is 4. The zero-order valence-corrected chi connectivity index (χ0v) is 13.5. The van der Waals surface area contributed by atoms with Crippen LogP contribution in [0, 0.1) is 0 Å². The molecule has 1 aromatic carbocycles. The Kier molecular flexibility index (Phi) is 4.52. The van der Waals surface area contributed by atoms with E-state index in [1.54, 1.807) is 7.11 Å². The Labute approximate surface area is 131 Å². The summed E-state index contributed by atoms with van der Waals surface area (Å²) in [5.74, 6) is -0.635. The number of methoxy groups -OCH3 is 1. The number of fused-ring (bicyclic) bond motifs is 1. The topological polar surface area (TPSA) is 46.2 Å². The number of hydrogen-bond acceptors (Lipinski definition) is 5. The van der Waals surface area contributed by atoms with Crippen molar-refractivity contribution >= 4 is 0 Å². The minimum atomic E-state index is -0.635. The zero-order chi connectivity index (χ0) is 15.7. The van der Waals surface area contributed by atoms with Crippen molar-refractivity contribution in [1.82, 2.24) is 0 Å². The Hall–Kier alpha value is -0.980. The Balaban J connectivity index is 1.74. The van der Waals surface area contributed by atoms with Crippen molar-refractivity contribution in [3.8, 4) is 0 Å². The molecule has 0 unspecified atom stereocenters. The van der Waals surface area contributed by atoms with E-state index in [9.17, 15) is 0 Å². The SMILES string of the molecule is CO[C@@H]1O[C@@H](C)[C@H]2OC(C)(C)O[C@H]2[C@@H]1OCc1ccccc1. The number of benzene rings is 1. The highest BCUT2D eigenvalue weighted by Crippen LogP contribution is 2.38. The van der Waals surface area contributed by atoms with Crippen molar-refractivity contribution in [2.75, 3.05) is 7.11 Å². The molecule has 0 bridgehead atoms. The molecule has 1 aromatic rings. The van der Waals surface area contributed by atoms with Crippen LogP contribution in [0.1, 0.15) is 26.3 Å². The van der Waals surface area contributed by atoms with Gasteiger partial charge in [-0.3, -0.25) is 0 Å². The lowest BCUT2D eigenvalue weighted by molar-refractivity contribution is -0.278. The molecule has 0 N–H and O–H groups in total. The van der Waals surface area contributed by atoms with Crippen LogP contribution in [0.5, 0.6) is 0 Å². The van der Waals surface area contributed by atoms with Crippen molar-refractivity contribution in [3.05, 3.63) is 35.9 Å². The van der Waals surface area contributed by atoms with E-state index >= 15 is 0 Å². The molecule has 22 heavy (non-hydrogen) atoms. The smallest absolute Gasteiger partial charge is 0.186 e. The standard InChI is InChI=1S/C17H24O5/c1-11-13-14(22-17(2,3)21-13)15(16(18-4)20-11)19-10-12-8-6-5-7-9-12/h5-9,11,13-16H,10H2,1-4H3/t11-,13+,14+,15-,16+/m0/s1. The molecule has 0 saturated carbocycles. The van der Waals surface area contributed by atoms with Crippen molar-refractivity contribution in [1.29, 1.82) is 0 Å². The second-order valence-corrected chi connectivity index (χ2v) is 6.27. The molecule has 2 heterocycles. The van der Waals surface area contributed by atoms with Gasteiger partial charge in [0.05, 0.1) is 12.7 Å². The molecule has 5 atom stereocenters. The van der Waals surface area contributed by atoms with Crippen LogP contribution in [0.3, 0.4) is 0 Å². The van der Waals surface area contributed by atoms with E-state index in [-0.39, 0.29) is 24.4 Å². The number of hydrogen-bond donors (Lipinski definition) is 0. The third-order valence-electron chi connectivity index (χ3n) is 4.08. The maximum Gasteiger partial charge on any atom is 0.186 e. The van der Waals surface area contributed by atoms with E-state index in [4.69, 9.17) is 23.7 Å².